The van der Waals surface area contributed by atoms with Gasteiger partial charge < -0.3 is 19.5 Å². The quantitative estimate of drug-likeness (QED) is 0.748. The zero-order chi connectivity index (χ0) is 15.8. The van der Waals surface area contributed by atoms with Gasteiger partial charge in [-0.2, -0.15) is 0 Å². The molecule has 2 heterocycles. The zero-order valence-corrected chi connectivity index (χ0v) is 12.5. The van der Waals surface area contributed by atoms with Crippen LogP contribution in [0.2, 0.25) is 0 Å². The fraction of sp³-hybridized carbons (Fsp3) is 0.769. The first-order valence-electron chi connectivity index (χ1n) is 6.71. The molecule has 2 amide bonds. The number of Topliss-reactive ketones (excluding diaryl/α,β-unsaturated/α-hetero) is 1. The van der Waals surface area contributed by atoms with Gasteiger partial charge in [-0.3, -0.25) is 9.69 Å². The highest BCUT2D eigenvalue weighted by Gasteiger charge is 2.53. The van der Waals surface area contributed by atoms with E-state index in [1.165, 1.54) is 12.0 Å². The van der Waals surface area contributed by atoms with E-state index in [4.69, 9.17) is 9.47 Å². The highest BCUT2D eigenvalue weighted by molar-refractivity contribution is 5.91. The van der Waals surface area contributed by atoms with Crippen LogP contribution >= 0.6 is 0 Å². The number of hydrogen-bond acceptors (Lipinski definition) is 6. The van der Waals surface area contributed by atoms with E-state index in [0.29, 0.717) is 0 Å². The van der Waals surface area contributed by atoms with Crippen LogP contribution in [0.1, 0.15) is 20.8 Å². The first kappa shape index (κ1) is 15.6. The minimum absolute atomic E-state index is 0.0741. The Morgan fingerprint density at radius 3 is 2.62 bits per heavy atom. The predicted molar refractivity (Wildman–Crippen MR) is 70.8 cm³/mol. The molecular weight excluding hydrogens is 280 g/mol. The maximum atomic E-state index is 11.8. The number of hydrogen-bond donors (Lipinski definition) is 1. The fourth-order valence-electron chi connectivity index (χ4n) is 2.55. The van der Waals surface area contributed by atoms with Crippen molar-refractivity contribution in [3.05, 3.63) is 0 Å². The first-order chi connectivity index (χ1) is 9.73. The van der Waals surface area contributed by atoms with Crippen molar-refractivity contribution in [1.29, 1.82) is 0 Å². The van der Waals surface area contributed by atoms with Crippen LogP contribution in [-0.4, -0.2) is 66.9 Å². The van der Waals surface area contributed by atoms with Crippen molar-refractivity contribution in [2.45, 2.75) is 44.6 Å². The minimum Gasteiger partial charge on any atom is -0.453 e. The highest BCUT2D eigenvalue weighted by Crippen LogP contribution is 2.28. The van der Waals surface area contributed by atoms with Gasteiger partial charge in [0.1, 0.15) is 24.4 Å². The summed E-state index contributed by atoms with van der Waals surface area (Å²) >= 11 is 0. The zero-order valence-electron chi connectivity index (χ0n) is 12.5. The van der Waals surface area contributed by atoms with Crippen LogP contribution in [0.5, 0.6) is 0 Å². The summed E-state index contributed by atoms with van der Waals surface area (Å²) in [6.45, 7) is 5.32. The Morgan fingerprint density at radius 2 is 2.05 bits per heavy atom. The summed E-state index contributed by atoms with van der Waals surface area (Å²) in [5.74, 6) is -0.195. The van der Waals surface area contributed by atoms with E-state index >= 15 is 0 Å². The molecule has 2 rings (SSSR count). The van der Waals surface area contributed by atoms with E-state index in [1.54, 1.807) is 20.8 Å². The van der Waals surface area contributed by atoms with Gasteiger partial charge in [0.15, 0.2) is 5.78 Å². The Kier molecular flexibility index (Phi) is 4.08. The van der Waals surface area contributed by atoms with E-state index in [-0.39, 0.29) is 18.9 Å². The second-order valence-electron chi connectivity index (χ2n) is 6.06. The molecule has 2 fully saturated rings. The van der Waals surface area contributed by atoms with Crippen molar-refractivity contribution in [3.8, 4) is 0 Å². The van der Waals surface area contributed by atoms with Crippen LogP contribution in [0.25, 0.3) is 0 Å². The third-order valence-electron chi connectivity index (χ3n) is 3.30. The summed E-state index contributed by atoms with van der Waals surface area (Å²) in [5.41, 5.74) is -0.628. The monoisotopic (exact) mass is 300 g/mol. The molecule has 118 valence electrons. The Labute approximate surface area is 122 Å². The van der Waals surface area contributed by atoms with E-state index in [0.717, 1.165) is 0 Å². The molecule has 0 radical (unpaired) electrons. The normalized spacial score (nSPS) is 28.3. The lowest BCUT2D eigenvalue weighted by Gasteiger charge is -2.23. The number of amides is 2. The second-order valence-corrected chi connectivity index (χ2v) is 6.06. The summed E-state index contributed by atoms with van der Waals surface area (Å²) < 4.78 is 15.2. The highest BCUT2D eigenvalue weighted by atomic mass is 16.6. The van der Waals surface area contributed by atoms with Gasteiger partial charge in [-0.05, 0) is 20.8 Å². The number of ketones is 1. The molecule has 3 atom stereocenters. The molecule has 2 aliphatic rings. The predicted octanol–water partition coefficient (Wildman–Crippen LogP) is 0.298. The van der Waals surface area contributed by atoms with Gasteiger partial charge in [0, 0.05) is 6.54 Å². The van der Waals surface area contributed by atoms with Crippen LogP contribution in [0.3, 0.4) is 0 Å². The Balaban J connectivity index is 2.06. The summed E-state index contributed by atoms with van der Waals surface area (Å²) in [6.07, 6.45) is -1.79. The second kappa shape index (κ2) is 5.51. The minimum atomic E-state index is -0.711. The standard InChI is InChI=1S/C13H20N2O6/c1-13(2,3)21-11(17)14-7-5-15(12(18)19-4)9-8(16)6-20-10(7)9/h7,9-10H,5-6H2,1-4H3,(H,14,17). The van der Waals surface area contributed by atoms with E-state index in [2.05, 4.69) is 10.1 Å². The molecule has 0 saturated carbocycles. The Hall–Kier alpha value is -1.83. The van der Waals surface area contributed by atoms with Crippen molar-refractivity contribution >= 4 is 18.0 Å². The van der Waals surface area contributed by atoms with Crippen LogP contribution < -0.4 is 5.32 Å². The molecule has 0 aliphatic carbocycles. The van der Waals surface area contributed by atoms with Gasteiger partial charge in [0.2, 0.25) is 0 Å². The summed E-state index contributed by atoms with van der Waals surface area (Å²) in [5, 5.41) is 2.65. The summed E-state index contributed by atoms with van der Waals surface area (Å²) in [7, 11) is 1.24. The summed E-state index contributed by atoms with van der Waals surface area (Å²) in [4.78, 5) is 36.6. The smallest absolute Gasteiger partial charge is 0.410 e. The third kappa shape index (κ3) is 3.26. The first-order valence-corrected chi connectivity index (χ1v) is 6.71. The van der Waals surface area contributed by atoms with Crippen molar-refractivity contribution in [2.24, 2.45) is 0 Å². The van der Waals surface area contributed by atoms with Crippen LogP contribution in [0.15, 0.2) is 0 Å². The number of likely N-dealkylation sites (tertiary alicyclic amines) is 1. The molecule has 8 nitrogen and oxygen atoms in total. The lowest BCUT2D eigenvalue weighted by atomic mass is 10.1. The van der Waals surface area contributed by atoms with Gasteiger partial charge in [0.25, 0.3) is 0 Å². The fourth-order valence-corrected chi connectivity index (χ4v) is 2.55. The van der Waals surface area contributed by atoms with Gasteiger partial charge in [0.05, 0.1) is 13.2 Å². The van der Waals surface area contributed by atoms with E-state index < -0.39 is 36.0 Å². The largest absolute Gasteiger partial charge is 0.453 e. The molecule has 3 unspecified atom stereocenters. The molecule has 0 aromatic heterocycles. The molecule has 0 aromatic carbocycles. The topological polar surface area (TPSA) is 94.2 Å². The van der Waals surface area contributed by atoms with E-state index in [9.17, 15) is 14.4 Å². The van der Waals surface area contributed by atoms with Gasteiger partial charge in [-0.15, -0.1) is 0 Å². The van der Waals surface area contributed by atoms with Crippen molar-refractivity contribution < 1.29 is 28.6 Å². The maximum absolute atomic E-state index is 11.8. The number of nitrogens with one attached hydrogen (secondary N) is 1. The lowest BCUT2D eigenvalue weighted by Crippen LogP contribution is -2.46. The van der Waals surface area contributed by atoms with Gasteiger partial charge >= 0.3 is 12.2 Å². The number of fused-ring (bicyclic) bond motifs is 1. The van der Waals surface area contributed by atoms with Crippen LogP contribution in [-0.2, 0) is 19.0 Å². The maximum Gasteiger partial charge on any atom is 0.410 e. The average Bonchev–Trinajstić information content (AvgIpc) is 2.89. The molecule has 21 heavy (non-hydrogen) atoms. The number of ether oxygens (including phenoxy) is 3. The number of carbonyl (C=O) groups excluding carboxylic acids is 3. The van der Waals surface area contributed by atoms with Crippen molar-refractivity contribution in [1.82, 2.24) is 10.2 Å². The van der Waals surface area contributed by atoms with Crippen LogP contribution in [0.4, 0.5) is 9.59 Å². The number of methoxy groups -OCH3 is 1. The molecule has 8 heteroatoms. The number of carbonyl (C=O) groups is 3. The lowest BCUT2D eigenvalue weighted by molar-refractivity contribution is -0.121. The van der Waals surface area contributed by atoms with E-state index in [1.807, 2.05) is 0 Å². The molecule has 0 spiro atoms. The third-order valence-corrected chi connectivity index (χ3v) is 3.30. The molecule has 2 saturated heterocycles. The Morgan fingerprint density at radius 1 is 1.38 bits per heavy atom. The van der Waals surface area contributed by atoms with Crippen molar-refractivity contribution in [2.75, 3.05) is 20.3 Å². The number of rotatable bonds is 1. The van der Waals surface area contributed by atoms with Crippen LogP contribution in [0, 0.1) is 0 Å². The number of alkyl carbamates (subject to hydrolysis) is 1. The molecule has 1 N–H and O–H groups in total. The number of nitrogens with zero attached hydrogens (tertiary/aromatic N) is 1. The molecule has 2 aliphatic heterocycles. The Bertz CT molecular complexity index is 458. The SMILES string of the molecule is COC(=O)N1CC(NC(=O)OC(C)(C)C)C2OCC(=O)C21. The molecule has 0 aromatic rings. The average molecular weight is 300 g/mol. The summed E-state index contributed by atoms with van der Waals surface area (Å²) in [6, 6.07) is -1.22. The van der Waals surface area contributed by atoms with Crippen molar-refractivity contribution in [3.63, 3.8) is 0 Å². The van der Waals surface area contributed by atoms with Gasteiger partial charge in [-0.1, -0.05) is 0 Å². The molecular formula is C13H20N2O6. The molecule has 0 bridgehead atoms. The van der Waals surface area contributed by atoms with Gasteiger partial charge in [-0.25, -0.2) is 9.59 Å².